The van der Waals surface area contributed by atoms with Crippen molar-refractivity contribution < 1.29 is 59.8 Å². The molecule has 8 aromatic rings. The number of fused-ring (bicyclic) bond motifs is 4. The van der Waals surface area contributed by atoms with Crippen LogP contribution in [0.15, 0.2) is 54.2 Å². The first kappa shape index (κ1) is 77.2. The quantitative estimate of drug-likeness (QED) is 0.0229. The van der Waals surface area contributed by atoms with Crippen LogP contribution in [0.1, 0.15) is 50.6 Å². The Morgan fingerprint density at radius 3 is 1.18 bits per heavy atom. The minimum absolute atomic E-state index is 0.109. The Hall–Kier alpha value is -4.01. The summed E-state index contributed by atoms with van der Waals surface area (Å²) in [6, 6.07) is 6.66. The molecule has 4 aliphatic heterocycles. The maximum atomic E-state index is 10.6. The van der Waals surface area contributed by atoms with Crippen molar-refractivity contribution in [1.82, 2.24) is 58.1 Å². The van der Waals surface area contributed by atoms with E-state index in [0.29, 0.717) is 107 Å². The van der Waals surface area contributed by atoms with Gasteiger partial charge in [-0.25, -0.2) is 34.9 Å². The number of nitrogens with two attached hydrogens (primary N) is 4. The molecule has 8 aromatic heterocycles. The molecule has 0 radical (unpaired) electrons. The number of aliphatic hydroxyl groups is 8. The molecule has 4 saturated heterocycles. The molecule has 0 aromatic carbocycles. The molecule has 17 N–H and O–H groups in total. The monoisotopic (exact) mass is 1590 g/mol. The highest BCUT2D eigenvalue weighted by molar-refractivity contribution is 14.1. The molecule has 12 heterocycles. The lowest BCUT2D eigenvalue weighted by atomic mass is 10.1. The normalized spacial score (nSPS) is 27.7. The number of aromatic nitrogens is 12. The molecular weight excluding hydrogens is 1500 g/mol. The summed E-state index contributed by atoms with van der Waals surface area (Å²) in [5, 5.41) is 84.2. The van der Waals surface area contributed by atoms with E-state index in [0.717, 1.165) is 24.6 Å². The third-order valence-electron chi connectivity index (χ3n) is 17.0. The second kappa shape index (κ2) is 30.9. The van der Waals surface area contributed by atoms with Crippen LogP contribution in [0.4, 0.5) is 22.7 Å². The van der Waals surface area contributed by atoms with Crippen molar-refractivity contribution in [3.8, 4) is 0 Å². The van der Waals surface area contributed by atoms with Gasteiger partial charge in [0.05, 0.1) is 47.2 Å². The van der Waals surface area contributed by atoms with Gasteiger partial charge in [-0.1, -0.05) is 11.8 Å². The number of nitrogens with zero attached hydrogens (tertiary/aromatic N) is 11. The summed E-state index contributed by atoms with van der Waals surface area (Å²) in [5.74, 6) is 0. The van der Waals surface area contributed by atoms with Crippen molar-refractivity contribution in [3.63, 3.8) is 0 Å². The highest BCUT2D eigenvalue weighted by atomic mass is 127. The van der Waals surface area contributed by atoms with Crippen LogP contribution in [0.2, 0.25) is 5.28 Å². The van der Waals surface area contributed by atoms with E-state index < -0.39 is 126 Å². The zero-order chi connectivity index (χ0) is 71.3. The van der Waals surface area contributed by atoms with Crippen LogP contribution in [-0.4, -0.2) is 282 Å². The summed E-state index contributed by atoms with van der Waals surface area (Å²) < 4.78 is 31.3. The molecule has 4 aliphatic rings. The number of nitrogen functional groups attached to an aromatic ring is 4. The Bertz CT molecular complexity index is 4250. The lowest BCUT2D eigenvalue weighted by Gasteiger charge is -2.19. The van der Waals surface area contributed by atoms with Gasteiger partial charge in [0.2, 0.25) is 5.28 Å². The fourth-order valence-corrected chi connectivity index (χ4v) is 17.4. The largest absolute Gasteiger partial charge is 0.397 e. The first-order chi connectivity index (χ1) is 45.3. The molecular formula is C61H92ClIN16O12P4S2. The third-order valence-corrected chi connectivity index (χ3v) is 24.8. The summed E-state index contributed by atoms with van der Waals surface area (Å²) in [4.78, 5) is 33.3. The number of imidazole rings is 4. The SMILES string of the molecule is C=P(C)(C)CC[C@H]1OC(n2c(=S)[nH]c3c(N)ccnc32)[C@H](O)[C@@H]1O.C=P(C)(C)CC[C@H]1OC(n2c(Cl)nc3c(N)ccnc32)[C@H](O)[C@@H]1O.C=P(C)(C)CC[C@H]1OC(n2c(I)nc3c(N)ccnc32)[C@H](O)[C@@H]1O.C=P(C)(C)CC[C@H]1OC(n2c(SC)nc3c(N)ccnc32)[C@H](O)[C@@H]1O. The minimum atomic E-state index is -1.25. The van der Waals surface area contributed by atoms with E-state index >= 15 is 0 Å². The lowest BCUT2D eigenvalue weighted by molar-refractivity contribution is -0.0400. The Balaban J connectivity index is 0.000000152. The summed E-state index contributed by atoms with van der Waals surface area (Å²) in [6.45, 7) is 12.1. The van der Waals surface area contributed by atoms with Gasteiger partial charge in [0.25, 0.3) is 0 Å². The zero-order valence-electron chi connectivity index (χ0n) is 55.6. The van der Waals surface area contributed by atoms with E-state index in [9.17, 15) is 40.9 Å². The van der Waals surface area contributed by atoms with Crippen LogP contribution in [0.3, 0.4) is 0 Å². The van der Waals surface area contributed by atoms with Crippen molar-refractivity contribution in [3.05, 3.63) is 62.9 Å². The predicted octanol–water partition coefficient (Wildman–Crippen LogP) is 5.57. The molecule has 0 saturated carbocycles. The van der Waals surface area contributed by atoms with Gasteiger partial charge in [-0.2, -0.15) is 0 Å². The lowest BCUT2D eigenvalue weighted by Crippen LogP contribution is -2.32. The molecule has 534 valence electrons. The molecule has 36 heteroatoms. The highest BCUT2D eigenvalue weighted by Gasteiger charge is 2.49. The van der Waals surface area contributed by atoms with E-state index in [1.807, 2.05) is 6.26 Å². The number of hydrogen-bond donors (Lipinski definition) is 13. The standard InChI is InChI=1S/C16H25N4O3PS.C15H22ClN4O3P.C15H22IN4O3P.C15H23N4O3PS/c1-24(2,3)8-6-10-12(21)13(22)15(23-10)20-14-11(19-16(20)25-4)9(17)5-7-18-14;2*1-24(2,3)7-5-9-11(21)12(22)14(23-9)20-13-10(19-15(20)16)8(17)4-6-18-13;1-23(2,3)7-5-9-11(20)12(21)14(22-9)19-13-10(18-15(19)24)8(16)4-6-17-13/h5,7,10,12-13,15,21-22H,1,6,8H2,2-4H3,(H2,17,18);2*4,6,9,11-12,14,21-22H,1,5,7H2,2-3H3,(H2,17,18);4,6,9,11-12,14,20-21H,1,5,7H2,2-3H3,(H2,16,17)(H,18,24)/t10-,12-,13-,15?;3*9-,11-,12-,14?/m1111/s1. The van der Waals surface area contributed by atoms with Gasteiger partial charge in [0, 0.05) is 47.4 Å². The van der Waals surface area contributed by atoms with Gasteiger partial charge in [-0.05, 0) is 158 Å². The number of pyridine rings is 4. The zero-order valence-corrected chi connectivity index (χ0v) is 63.8. The van der Waals surface area contributed by atoms with Crippen LogP contribution in [-0.2, 0) is 18.9 Å². The molecule has 0 bridgehead atoms. The minimum Gasteiger partial charge on any atom is -0.397 e. The van der Waals surface area contributed by atoms with Crippen LogP contribution < -0.4 is 22.9 Å². The second-order valence-corrected chi connectivity index (χ2v) is 47.3. The Kier molecular flexibility index (Phi) is 24.6. The van der Waals surface area contributed by atoms with E-state index in [-0.39, 0.29) is 5.28 Å². The number of aromatic amines is 1. The predicted molar refractivity (Wildman–Crippen MR) is 410 cm³/mol. The fourth-order valence-electron chi connectivity index (χ4n) is 11.7. The maximum absolute atomic E-state index is 10.6. The third kappa shape index (κ3) is 17.6. The Morgan fingerprint density at radius 1 is 0.485 bits per heavy atom. The van der Waals surface area contributed by atoms with E-state index in [1.165, 1.54) is 22.5 Å². The van der Waals surface area contributed by atoms with Gasteiger partial charge < -0.3 is 87.7 Å². The van der Waals surface area contributed by atoms with Gasteiger partial charge in [0.1, 0.15) is 70.9 Å². The number of hydrogen-bond acceptors (Lipinski definition) is 25. The molecule has 97 heavy (non-hydrogen) atoms. The van der Waals surface area contributed by atoms with Crippen molar-refractivity contribution >= 4 is 178 Å². The number of thioether (sulfide) groups is 1. The number of ether oxygens (including phenoxy) is 4. The Morgan fingerprint density at radius 2 is 0.794 bits per heavy atom. The first-order valence-corrected chi connectivity index (χ1v) is 46.4. The summed E-state index contributed by atoms with van der Waals surface area (Å²) >= 11 is 15.0. The molecule has 0 amide bonds. The fraction of sp³-hybridized carbons (Fsp3) is 0.541. The van der Waals surface area contributed by atoms with Gasteiger partial charge >= 0.3 is 0 Å². The van der Waals surface area contributed by atoms with E-state index in [1.54, 1.807) is 56.6 Å². The summed E-state index contributed by atoms with van der Waals surface area (Å²) in [7, 11) is 0. The summed E-state index contributed by atoms with van der Waals surface area (Å²) in [5.41, 5.74) is 30.0. The number of rotatable bonds is 17. The van der Waals surface area contributed by atoms with E-state index in [4.69, 9.17) is 65.7 Å². The van der Waals surface area contributed by atoms with Crippen molar-refractivity contribution in [2.75, 3.05) is 107 Å². The Labute approximate surface area is 591 Å². The molecule has 16 atom stereocenters. The molecule has 0 aliphatic carbocycles. The van der Waals surface area contributed by atoms with Gasteiger partial charge in [-0.15, -0.1) is 52.7 Å². The number of H-pyrrole nitrogens is 1. The number of nitrogens with one attached hydrogen (secondary N) is 1. The number of halogens is 2. The topological polar surface area (TPSA) is 429 Å². The molecule has 12 rings (SSSR count). The van der Waals surface area contributed by atoms with Crippen molar-refractivity contribution in [2.24, 2.45) is 0 Å². The average Bonchev–Trinajstić information content (AvgIpc) is 1.61. The van der Waals surface area contributed by atoms with Crippen LogP contribution in [0, 0.1) is 8.60 Å². The highest BCUT2D eigenvalue weighted by Crippen LogP contribution is 2.46. The first-order valence-electron chi connectivity index (χ1n) is 31.1. The molecule has 4 fully saturated rings. The molecule has 0 spiro atoms. The molecule has 28 nitrogen and oxygen atoms in total. The smallest absolute Gasteiger partial charge is 0.207 e. The average molecular weight is 1590 g/mol. The summed E-state index contributed by atoms with van der Waals surface area (Å²) in [6.07, 6.45) is 17.9. The van der Waals surface area contributed by atoms with Crippen LogP contribution >= 0.6 is 85.7 Å². The number of anilines is 4. The maximum Gasteiger partial charge on any atom is 0.207 e. The molecule has 4 unspecified atom stereocenters. The van der Waals surface area contributed by atoms with Crippen molar-refractivity contribution in [2.45, 2.75) is 129 Å². The van der Waals surface area contributed by atoms with Gasteiger partial charge in [-0.3, -0.25) is 18.3 Å². The van der Waals surface area contributed by atoms with Crippen molar-refractivity contribution in [1.29, 1.82) is 0 Å². The van der Waals surface area contributed by atoms with E-state index in [2.05, 4.69) is 141 Å². The van der Waals surface area contributed by atoms with Crippen LogP contribution in [0.5, 0.6) is 0 Å². The number of aliphatic hydroxyl groups excluding tert-OH is 8. The van der Waals surface area contributed by atoms with Crippen LogP contribution in [0.25, 0.3) is 44.7 Å². The second-order valence-electron chi connectivity index (χ2n) is 27.6. The van der Waals surface area contributed by atoms with Gasteiger partial charge in [0.15, 0.2) is 61.3 Å².